The lowest BCUT2D eigenvalue weighted by Gasteiger charge is -1.97. The highest BCUT2D eigenvalue weighted by Gasteiger charge is 1.82. The van der Waals surface area contributed by atoms with Crippen LogP contribution in [0.2, 0.25) is 0 Å². The molecule has 0 nitrogen and oxygen atoms in total. The Bertz CT molecular complexity index is 131. The van der Waals surface area contributed by atoms with E-state index in [-0.39, 0.29) is 0 Å². The Labute approximate surface area is 46.5 Å². The van der Waals surface area contributed by atoms with Gasteiger partial charge in [-0.15, -0.1) is 0 Å². The van der Waals surface area contributed by atoms with Crippen LogP contribution in [0, 0.1) is 0 Å². The lowest BCUT2D eigenvalue weighted by molar-refractivity contribution is 1.74. The average Bonchev–Trinajstić information content (AvgIpc) is 1.69. The monoisotopic (exact) mass is 112 g/mol. The van der Waals surface area contributed by atoms with Crippen molar-refractivity contribution in [1.29, 1.82) is 0 Å². The second kappa shape index (κ2) is 2.12. The zero-order chi connectivity index (χ0) is 5.11. The fourth-order valence-corrected chi connectivity index (χ4v) is 1.25. The molecule has 0 saturated heterocycles. The molecular weight excluding hydrogens is 104 g/mol. The van der Waals surface area contributed by atoms with Crippen molar-refractivity contribution in [2.75, 3.05) is 5.75 Å². The fraction of sp³-hybridized carbons (Fsp3) is 0.167. The van der Waals surface area contributed by atoms with Crippen LogP contribution in [-0.4, -0.2) is 11.6 Å². The summed E-state index contributed by atoms with van der Waals surface area (Å²) in [6, 6.07) is 0. The zero-order valence-electron chi connectivity index (χ0n) is 4.13. The van der Waals surface area contributed by atoms with Crippen LogP contribution in [0.1, 0.15) is 0 Å². The van der Waals surface area contributed by atoms with E-state index < -0.39 is 0 Å². The Morgan fingerprint density at radius 1 is 1.43 bits per heavy atom. The molecule has 0 saturated carbocycles. The molecule has 1 aliphatic heterocycles. The smallest absolute Gasteiger partial charge is 0.00988 e. The average molecular weight is 112 g/mol. The van der Waals surface area contributed by atoms with Gasteiger partial charge in [0.05, 0.1) is 0 Å². The minimum Gasteiger partial charge on any atom is -0.165 e. The van der Waals surface area contributed by atoms with Gasteiger partial charge in [0.1, 0.15) is 0 Å². The van der Waals surface area contributed by atoms with Gasteiger partial charge >= 0.3 is 0 Å². The highest BCUT2D eigenvalue weighted by molar-refractivity contribution is 8.16. The van der Waals surface area contributed by atoms with Crippen molar-refractivity contribution in [3.63, 3.8) is 0 Å². The van der Waals surface area contributed by atoms with Crippen molar-refractivity contribution < 1.29 is 0 Å². The van der Waals surface area contributed by atoms with Crippen LogP contribution in [0.5, 0.6) is 0 Å². The highest BCUT2D eigenvalue weighted by atomic mass is 32.2. The molecule has 1 aliphatic rings. The molecule has 0 spiro atoms. The molecule has 1 heterocycles. The van der Waals surface area contributed by atoms with Gasteiger partial charge in [-0.1, -0.05) is 24.1 Å². The molecule has 0 radical (unpaired) electrons. The molecule has 1 atom stereocenters. The first-order valence-corrected chi connectivity index (χ1v) is 3.85. The molecule has 0 aromatic carbocycles. The lowest BCUT2D eigenvalue weighted by atomic mass is 10.5. The summed E-state index contributed by atoms with van der Waals surface area (Å²) in [5, 5.41) is 2.14. The first kappa shape index (κ1) is 4.85. The number of hydrogen-bond donors (Lipinski definition) is 0. The molecule has 0 amide bonds. The Morgan fingerprint density at radius 3 is 2.57 bits per heavy atom. The Balaban J connectivity index is 2.66. The maximum absolute atomic E-state index is 3.89. The van der Waals surface area contributed by atoms with E-state index in [1.165, 1.54) is 0 Å². The van der Waals surface area contributed by atoms with Crippen molar-refractivity contribution in [3.8, 4) is 0 Å². The topological polar surface area (TPSA) is 0 Å². The van der Waals surface area contributed by atoms with Crippen LogP contribution in [0.3, 0.4) is 0 Å². The second-order valence-corrected chi connectivity index (χ2v) is 3.14. The van der Waals surface area contributed by atoms with E-state index in [1.54, 1.807) is 0 Å². The number of allylic oxidation sites excluding steroid dienone is 2. The van der Waals surface area contributed by atoms with Gasteiger partial charge in [-0.05, 0) is 5.41 Å². The highest BCUT2D eigenvalue weighted by Crippen LogP contribution is 2.14. The van der Waals surface area contributed by atoms with Crippen molar-refractivity contribution in [2.45, 2.75) is 0 Å². The maximum Gasteiger partial charge on any atom is 0.00988 e. The van der Waals surface area contributed by atoms with Gasteiger partial charge < -0.3 is 0 Å². The van der Waals surface area contributed by atoms with E-state index in [1.807, 2.05) is 0 Å². The zero-order valence-corrected chi connectivity index (χ0v) is 4.95. The Morgan fingerprint density at radius 2 is 2.29 bits per heavy atom. The van der Waals surface area contributed by atoms with E-state index in [0.29, 0.717) is 10.5 Å². The van der Waals surface area contributed by atoms with E-state index in [2.05, 4.69) is 29.5 Å². The molecule has 0 aromatic heterocycles. The summed E-state index contributed by atoms with van der Waals surface area (Å²) in [5.41, 5.74) is 0. The van der Waals surface area contributed by atoms with Crippen LogP contribution in [0.15, 0.2) is 23.6 Å². The molecule has 38 valence electrons. The predicted molar refractivity (Wildman–Crippen MR) is 37.9 cm³/mol. The van der Waals surface area contributed by atoms with Crippen LogP contribution in [0.4, 0.5) is 0 Å². The van der Waals surface area contributed by atoms with Crippen molar-refractivity contribution in [3.05, 3.63) is 23.6 Å². The summed E-state index contributed by atoms with van der Waals surface area (Å²) in [7, 11) is 0.292. The molecule has 0 bridgehead atoms. The Kier molecular flexibility index (Phi) is 1.47. The molecule has 7 heavy (non-hydrogen) atoms. The van der Waals surface area contributed by atoms with E-state index >= 15 is 0 Å². The van der Waals surface area contributed by atoms with E-state index in [9.17, 15) is 0 Å². The van der Waals surface area contributed by atoms with Gasteiger partial charge in [-0.25, -0.2) is 0 Å². The third-order valence-electron chi connectivity index (χ3n) is 0.829. The van der Waals surface area contributed by atoms with Gasteiger partial charge in [0.15, 0.2) is 0 Å². The number of rotatable bonds is 0. The third kappa shape index (κ3) is 1.32. The minimum absolute atomic E-state index is 0.292. The molecular formula is C6H8S. The summed E-state index contributed by atoms with van der Waals surface area (Å²) in [6.07, 6.45) is 6.27. The fourth-order valence-electron chi connectivity index (χ4n) is 0.470. The standard InChI is InChI=1S/C6H8S/c1-7-5-3-2-4-6-7/h2-5H,1,6H2. The largest absolute Gasteiger partial charge is 0.165 e. The summed E-state index contributed by atoms with van der Waals surface area (Å²) in [5.74, 6) is 5.02. The van der Waals surface area contributed by atoms with Crippen LogP contribution in [0.25, 0.3) is 0 Å². The van der Waals surface area contributed by atoms with Crippen molar-refractivity contribution in [1.82, 2.24) is 0 Å². The molecule has 1 rings (SSSR count). The summed E-state index contributed by atoms with van der Waals surface area (Å²) < 4.78 is 0. The van der Waals surface area contributed by atoms with E-state index in [4.69, 9.17) is 0 Å². The van der Waals surface area contributed by atoms with Gasteiger partial charge in [-0.2, -0.15) is 10.5 Å². The Hall–Kier alpha value is -0.300. The van der Waals surface area contributed by atoms with Crippen LogP contribution < -0.4 is 0 Å². The van der Waals surface area contributed by atoms with Gasteiger partial charge in [0.2, 0.25) is 0 Å². The first-order chi connectivity index (χ1) is 3.39. The second-order valence-electron chi connectivity index (χ2n) is 1.46. The minimum atomic E-state index is 0.292. The molecule has 0 aliphatic carbocycles. The first-order valence-electron chi connectivity index (χ1n) is 2.22. The van der Waals surface area contributed by atoms with Crippen molar-refractivity contribution >= 4 is 16.4 Å². The summed E-state index contributed by atoms with van der Waals surface area (Å²) in [6.45, 7) is 0. The molecule has 1 heteroatoms. The quantitative estimate of drug-likeness (QED) is 0.419. The molecule has 0 aromatic rings. The SMILES string of the molecule is C=S1C=CC=CC1. The maximum atomic E-state index is 3.89. The van der Waals surface area contributed by atoms with Crippen molar-refractivity contribution in [2.24, 2.45) is 0 Å². The molecule has 1 unspecified atom stereocenters. The van der Waals surface area contributed by atoms with Gasteiger partial charge in [0.25, 0.3) is 0 Å². The van der Waals surface area contributed by atoms with Crippen LogP contribution in [-0.2, 0) is 0 Å². The number of hydrogen-bond acceptors (Lipinski definition) is 0. The molecule has 0 fully saturated rings. The summed E-state index contributed by atoms with van der Waals surface area (Å²) >= 11 is 0. The lowest BCUT2D eigenvalue weighted by Crippen LogP contribution is -1.73. The normalized spacial score (nSPS) is 28.3. The van der Waals surface area contributed by atoms with E-state index in [0.717, 1.165) is 5.75 Å². The van der Waals surface area contributed by atoms with Gasteiger partial charge in [-0.3, -0.25) is 0 Å². The third-order valence-corrected chi connectivity index (χ3v) is 1.99. The summed E-state index contributed by atoms with van der Waals surface area (Å²) in [4.78, 5) is 0. The van der Waals surface area contributed by atoms with Gasteiger partial charge in [0, 0.05) is 5.75 Å². The molecule has 0 N–H and O–H groups in total. The predicted octanol–water partition coefficient (Wildman–Crippen LogP) is 1.77. The van der Waals surface area contributed by atoms with Crippen LogP contribution >= 0.6 is 10.5 Å².